The van der Waals surface area contributed by atoms with Crippen LogP contribution in [0, 0.1) is 0 Å². The zero-order valence-corrected chi connectivity index (χ0v) is 13.9. The summed E-state index contributed by atoms with van der Waals surface area (Å²) in [6, 6.07) is 17.0. The minimum Gasteiger partial charge on any atom is -0.475 e. The maximum atomic E-state index is 12.4. The van der Waals surface area contributed by atoms with Crippen molar-refractivity contribution in [2.24, 2.45) is 0 Å². The van der Waals surface area contributed by atoms with Crippen molar-refractivity contribution in [3.63, 3.8) is 0 Å². The van der Waals surface area contributed by atoms with Gasteiger partial charge in [-0.25, -0.2) is 4.79 Å². The molecular formula is C18H12BrNO4. The van der Waals surface area contributed by atoms with Crippen molar-refractivity contribution in [2.45, 2.75) is 0 Å². The van der Waals surface area contributed by atoms with E-state index in [-0.39, 0.29) is 11.7 Å². The number of hydrogen-bond acceptors (Lipinski definition) is 3. The van der Waals surface area contributed by atoms with Gasteiger partial charge >= 0.3 is 5.97 Å². The molecule has 0 unspecified atom stereocenters. The summed E-state index contributed by atoms with van der Waals surface area (Å²) >= 11 is 3.37. The smallest absolute Gasteiger partial charge is 0.371 e. The van der Waals surface area contributed by atoms with Crippen LogP contribution in [0.2, 0.25) is 0 Å². The number of furan rings is 1. The lowest BCUT2D eigenvalue weighted by Crippen LogP contribution is -2.12. The summed E-state index contributed by atoms with van der Waals surface area (Å²) in [6.45, 7) is 0. The lowest BCUT2D eigenvalue weighted by Gasteiger charge is -2.10. The Labute approximate surface area is 146 Å². The van der Waals surface area contributed by atoms with Crippen LogP contribution in [-0.2, 0) is 0 Å². The fraction of sp³-hybridized carbons (Fsp3) is 0. The summed E-state index contributed by atoms with van der Waals surface area (Å²) in [7, 11) is 0. The zero-order chi connectivity index (χ0) is 17.1. The predicted octanol–water partition coefficient (Wildman–Crippen LogP) is 4.66. The molecule has 0 spiro atoms. The molecule has 0 aliphatic carbocycles. The highest BCUT2D eigenvalue weighted by Crippen LogP contribution is 2.32. The Balaban J connectivity index is 1.96. The summed E-state index contributed by atoms with van der Waals surface area (Å²) in [5.41, 5.74) is 1.63. The molecule has 1 aromatic heterocycles. The number of carboxylic acids is 1. The molecule has 3 rings (SSSR count). The van der Waals surface area contributed by atoms with Gasteiger partial charge < -0.3 is 14.8 Å². The quantitative estimate of drug-likeness (QED) is 0.684. The second-order valence-corrected chi connectivity index (χ2v) is 5.89. The van der Waals surface area contributed by atoms with Gasteiger partial charge in [-0.15, -0.1) is 0 Å². The lowest BCUT2D eigenvalue weighted by atomic mass is 10.1. The number of rotatable bonds is 4. The molecule has 0 saturated carbocycles. The van der Waals surface area contributed by atoms with Gasteiger partial charge in [0.05, 0.1) is 5.69 Å². The molecule has 0 atom stereocenters. The number of hydrogen-bond donors (Lipinski definition) is 2. The Morgan fingerprint density at radius 3 is 2.42 bits per heavy atom. The summed E-state index contributed by atoms with van der Waals surface area (Å²) in [4.78, 5) is 23.3. The van der Waals surface area contributed by atoms with Gasteiger partial charge in [0.15, 0.2) is 0 Å². The molecule has 6 heteroatoms. The van der Waals surface area contributed by atoms with E-state index < -0.39 is 5.97 Å². The number of halogens is 1. The number of amides is 1. The average molecular weight is 386 g/mol. The van der Waals surface area contributed by atoms with Crippen LogP contribution in [0.4, 0.5) is 5.69 Å². The molecule has 2 N–H and O–H groups in total. The lowest BCUT2D eigenvalue weighted by molar-refractivity contribution is 0.0663. The average Bonchev–Trinajstić information content (AvgIpc) is 3.06. The SMILES string of the molecule is O=C(Nc1cc(Br)ccc1-c1ccc(C(=O)O)o1)c1ccccc1. The summed E-state index contributed by atoms with van der Waals surface area (Å²) in [6.07, 6.45) is 0. The third kappa shape index (κ3) is 3.38. The maximum absolute atomic E-state index is 12.4. The van der Waals surface area contributed by atoms with Crippen LogP contribution in [0.25, 0.3) is 11.3 Å². The van der Waals surface area contributed by atoms with Crippen LogP contribution in [0.3, 0.4) is 0 Å². The maximum Gasteiger partial charge on any atom is 0.371 e. The fourth-order valence-corrected chi connectivity index (χ4v) is 2.58. The molecule has 0 aliphatic rings. The van der Waals surface area contributed by atoms with E-state index in [0.29, 0.717) is 22.6 Å². The molecule has 0 radical (unpaired) electrons. The highest BCUT2D eigenvalue weighted by atomic mass is 79.9. The third-order valence-corrected chi connectivity index (χ3v) is 3.84. The van der Waals surface area contributed by atoms with Crippen LogP contribution in [0.5, 0.6) is 0 Å². The summed E-state index contributed by atoms with van der Waals surface area (Å²) < 4.78 is 6.11. The number of aromatic carboxylic acids is 1. The highest BCUT2D eigenvalue weighted by Gasteiger charge is 2.15. The van der Waals surface area contributed by atoms with Crippen LogP contribution < -0.4 is 5.32 Å². The van der Waals surface area contributed by atoms with Crippen molar-refractivity contribution in [3.05, 3.63) is 76.5 Å². The Morgan fingerprint density at radius 2 is 1.75 bits per heavy atom. The monoisotopic (exact) mass is 385 g/mol. The second-order valence-electron chi connectivity index (χ2n) is 4.98. The Kier molecular flexibility index (Phi) is 4.48. The van der Waals surface area contributed by atoms with E-state index >= 15 is 0 Å². The molecule has 24 heavy (non-hydrogen) atoms. The highest BCUT2D eigenvalue weighted by molar-refractivity contribution is 9.10. The first kappa shape index (κ1) is 16.0. The van der Waals surface area contributed by atoms with E-state index in [1.54, 1.807) is 48.5 Å². The van der Waals surface area contributed by atoms with Crippen LogP contribution >= 0.6 is 15.9 Å². The van der Waals surface area contributed by atoms with E-state index in [0.717, 1.165) is 4.47 Å². The van der Waals surface area contributed by atoms with E-state index in [2.05, 4.69) is 21.2 Å². The molecule has 0 saturated heterocycles. The predicted molar refractivity (Wildman–Crippen MR) is 93.2 cm³/mol. The molecule has 0 fully saturated rings. The number of carbonyl (C=O) groups excluding carboxylic acids is 1. The largest absolute Gasteiger partial charge is 0.475 e. The number of nitrogens with one attached hydrogen (secondary N) is 1. The minimum absolute atomic E-state index is 0.159. The molecule has 3 aromatic rings. The Bertz CT molecular complexity index is 902. The van der Waals surface area contributed by atoms with E-state index in [9.17, 15) is 9.59 Å². The van der Waals surface area contributed by atoms with Crippen molar-refractivity contribution < 1.29 is 19.1 Å². The van der Waals surface area contributed by atoms with Crippen LogP contribution in [0.15, 0.2) is 69.6 Å². The summed E-state index contributed by atoms with van der Waals surface area (Å²) in [5.74, 6) is -1.20. The van der Waals surface area contributed by atoms with Gasteiger partial charge in [0.25, 0.3) is 5.91 Å². The summed E-state index contributed by atoms with van der Waals surface area (Å²) in [5, 5.41) is 11.8. The van der Waals surface area contributed by atoms with Gasteiger partial charge in [0.2, 0.25) is 5.76 Å². The third-order valence-electron chi connectivity index (χ3n) is 3.35. The van der Waals surface area contributed by atoms with Gasteiger partial charge in [-0.3, -0.25) is 4.79 Å². The van der Waals surface area contributed by atoms with E-state index in [1.807, 2.05) is 6.07 Å². The van der Waals surface area contributed by atoms with Crippen molar-refractivity contribution >= 4 is 33.5 Å². The first-order valence-corrected chi connectivity index (χ1v) is 7.83. The molecule has 2 aromatic carbocycles. The molecule has 1 heterocycles. The van der Waals surface area contributed by atoms with Crippen LogP contribution in [0.1, 0.15) is 20.9 Å². The molecule has 5 nitrogen and oxygen atoms in total. The van der Waals surface area contributed by atoms with E-state index in [4.69, 9.17) is 9.52 Å². The number of benzene rings is 2. The topological polar surface area (TPSA) is 79.5 Å². The molecule has 0 bridgehead atoms. The van der Waals surface area contributed by atoms with E-state index in [1.165, 1.54) is 6.07 Å². The van der Waals surface area contributed by atoms with Crippen molar-refractivity contribution in [2.75, 3.05) is 5.32 Å². The minimum atomic E-state index is -1.15. The van der Waals surface area contributed by atoms with Crippen molar-refractivity contribution in [3.8, 4) is 11.3 Å². The van der Waals surface area contributed by atoms with Crippen LogP contribution in [-0.4, -0.2) is 17.0 Å². The van der Waals surface area contributed by atoms with Gasteiger partial charge in [-0.1, -0.05) is 34.1 Å². The first-order valence-electron chi connectivity index (χ1n) is 7.04. The Morgan fingerprint density at radius 1 is 1.00 bits per heavy atom. The molecule has 1 amide bonds. The van der Waals surface area contributed by atoms with Gasteiger partial charge in [-0.2, -0.15) is 0 Å². The first-order chi connectivity index (χ1) is 11.5. The normalized spacial score (nSPS) is 10.4. The zero-order valence-electron chi connectivity index (χ0n) is 12.3. The number of carboxylic acid groups (broad SMARTS) is 1. The number of anilines is 1. The molecule has 120 valence electrons. The molecule has 0 aliphatic heterocycles. The van der Waals surface area contributed by atoms with Crippen molar-refractivity contribution in [1.82, 2.24) is 0 Å². The fourth-order valence-electron chi connectivity index (χ4n) is 2.22. The Hall–Kier alpha value is -2.86. The van der Waals surface area contributed by atoms with Crippen molar-refractivity contribution in [1.29, 1.82) is 0 Å². The van der Waals surface area contributed by atoms with Gasteiger partial charge in [-0.05, 0) is 42.5 Å². The van der Waals surface area contributed by atoms with Gasteiger partial charge in [0.1, 0.15) is 5.76 Å². The standard InChI is InChI=1S/C18H12BrNO4/c19-12-6-7-13(15-8-9-16(24-15)18(22)23)14(10-12)20-17(21)11-4-2-1-3-5-11/h1-10H,(H,20,21)(H,22,23). The van der Waals surface area contributed by atoms with Gasteiger partial charge in [0, 0.05) is 15.6 Å². The number of carbonyl (C=O) groups is 2. The molecular weight excluding hydrogens is 374 g/mol. The second kappa shape index (κ2) is 6.72.